The SMILES string of the molecule is CNC(=O)COc1nc([C@H](C)Cc2ncnc3nc[nH]c23)cc2cccc(Cl)c12. The van der Waals surface area contributed by atoms with Crippen molar-refractivity contribution < 1.29 is 9.53 Å². The van der Waals surface area contributed by atoms with Gasteiger partial charge in [0.05, 0.1) is 22.4 Å². The third-order valence-electron chi connectivity index (χ3n) is 4.72. The number of fused-ring (bicyclic) bond motifs is 2. The fraction of sp³-hybridized carbons (Fsp3) is 0.250. The first-order valence-corrected chi connectivity index (χ1v) is 9.50. The van der Waals surface area contributed by atoms with Crippen LogP contribution in [0.3, 0.4) is 0 Å². The molecule has 0 saturated heterocycles. The van der Waals surface area contributed by atoms with Crippen LogP contribution < -0.4 is 10.1 Å². The molecule has 1 amide bonds. The van der Waals surface area contributed by atoms with Crippen molar-refractivity contribution >= 4 is 39.4 Å². The van der Waals surface area contributed by atoms with E-state index in [1.54, 1.807) is 19.4 Å². The fourth-order valence-electron chi connectivity index (χ4n) is 3.18. The first-order valence-electron chi connectivity index (χ1n) is 9.12. The van der Waals surface area contributed by atoms with E-state index in [0.717, 1.165) is 22.3 Å². The Morgan fingerprint density at radius 1 is 1.31 bits per heavy atom. The van der Waals surface area contributed by atoms with E-state index >= 15 is 0 Å². The van der Waals surface area contributed by atoms with Crippen LogP contribution >= 0.6 is 11.6 Å². The van der Waals surface area contributed by atoms with Crippen LogP contribution in [0.4, 0.5) is 0 Å². The Morgan fingerprint density at radius 2 is 2.17 bits per heavy atom. The highest BCUT2D eigenvalue weighted by molar-refractivity contribution is 6.36. The first-order chi connectivity index (χ1) is 14.1. The van der Waals surface area contributed by atoms with E-state index in [2.05, 4.69) is 37.2 Å². The second-order valence-electron chi connectivity index (χ2n) is 6.68. The van der Waals surface area contributed by atoms with E-state index in [4.69, 9.17) is 16.3 Å². The van der Waals surface area contributed by atoms with E-state index in [0.29, 0.717) is 28.4 Å². The van der Waals surface area contributed by atoms with Crippen LogP contribution in [-0.2, 0) is 11.2 Å². The van der Waals surface area contributed by atoms with E-state index in [9.17, 15) is 4.79 Å². The summed E-state index contributed by atoms with van der Waals surface area (Å²) < 4.78 is 5.70. The molecule has 0 unspecified atom stereocenters. The molecule has 0 bridgehead atoms. The molecule has 2 N–H and O–H groups in total. The predicted molar refractivity (Wildman–Crippen MR) is 110 cm³/mol. The van der Waals surface area contributed by atoms with Gasteiger partial charge in [0.2, 0.25) is 5.88 Å². The van der Waals surface area contributed by atoms with E-state index < -0.39 is 0 Å². The third kappa shape index (κ3) is 3.84. The van der Waals surface area contributed by atoms with E-state index in [1.807, 2.05) is 18.2 Å². The van der Waals surface area contributed by atoms with Gasteiger partial charge in [-0.2, -0.15) is 0 Å². The lowest BCUT2D eigenvalue weighted by atomic mass is 9.98. The molecule has 0 radical (unpaired) electrons. The van der Waals surface area contributed by atoms with Gasteiger partial charge in [0.1, 0.15) is 11.8 Å². The maximum Gasteiger partial charge on any atom is 0.257 e. The Labute approximate surface area is 171 Å². The van der Waals surface area contributed by atoms with Gasteiger partial charge in [-0.25, -0.2) is 19.9 Å². The number of pyridine rings is 1. The molecule has 0 aliphatic carbocycles. The van der Waals surface area contributed by atoms with Crippen LogP contribution in [-0.4, -0.2) is 44.5 Å². The second kappa shape index (κ2) is 8.00. The number of nitrogens with one attached hydrogen (secondary N) is 2. The molecule has 8 nitrogen and oxygen atoms in total. The maximum atomic E-state index is 11.6. The van der Waals surface area contributed by atoms with Gasteiger partial charge in [-0.15, -0.1) is 0 Å². The largest absolute Gasteiger partial charge is 0.467 e. The average Bonchev–Trinajstić information content (AvgIpc) is 3.21. The molecule has 1 atom stereocenters. The normalized spacial score (nSPS) is 12.2. The molecule has 3 aromatic heterocycles. The lowest BCUT2D eigenvalue weighted by molar-refractivity contribution is -0.122. The van der Waals surface area contributed by atoms with E-state index in [-0.39, 0.29) is 18.4 Å². The van der Waals surface area contributed by atoms with Crippen molar-refractivity contribution in [3.63, 3.8) is 0 Å². The number of likely N-dealkylation sites (N-methyl/N-ethyl adjacent to an activating group) is 1. The van der Waals surface area contributed by atoms with E-state index in [1.165, 1.54) is 6.33 Å². The molecule has 0 aliphatic rings. The summed E-state index contributed by atoms with van der Waals surface area (Å²) in [4.78, 5) is 32.1. The quantitative estimate of drug-likeness (QED) is 0.506. The number of benzene rings is 1. The molecule has 0 aliphatic heterocycles. The molecular weight excluding hydrogens is 392 g/mol. The minimum atomic E-state index is -0.243. The van der Waals surface area contributed by atoms with Crippen LogP contribution in [0.5, 0.6) is 5.88 Å². The Morgan fingerprint density at radius 3 is 3.00 bits per heavy atom. The number of carbonyl (C=O) groups is 1. The van der Waals surface area contributed by atoms with Crippen LogP contribution in [0.2, 0.25) is 5.02 Å². The van der Waals surface area contributed by atoms with Crippen LogP contribution in [0.25, 0.3) is 21.9 Å². The Bertz CT molecular complexity index is 1190. The Balaban J connectivity index is 1.71. The van der Waals surface area contributed by atoms with Gasteiger partial charge >= 0.3 is 0 Å². The van der Waals surface area contributed by atoms with Gasteiger partial charge < -0.3 is 15.0 Å². The monoisotopic (exact) mass is 410 g/mol. The van der Waals surface area contributed by atoms with Gasteiger partial charge in [-0.1, -0.05) is 30.7 Å². The highest BCUT2D eigenvalue weighted by atomic mass is 35.5. The topological polar surface area (TPSA) is 106 Å². The molecule has 4 aromatic rings. The summed E-state index contributed by atoms with van der Waals surface area (Å²) in [6, 6.07) is 7.59. The standard InChI is InChI=1S/C20H19ClN6O2/c1-11(6-15-18-19(25-9-23-15)26-10-24-18)14-7-12-4-3-5-13(21)17(12)20(27-14)29-8-16(28)22-2/h3-5,7,9-11H,6,8H2,1-2H3,(H,22,28)(H,23,24,25,26)/t11-/m1/s1. The summed E-state index contributed by atoms with van der Waals surface area (Å²) in [7, 11) is 1.56. The van der Waals surface area contributed by atoms with Crippen LogP contribution in [0.1, 0.15) is 24.2 Å². The number of rotatable bonds is 6. The second-order valence-corrected chi connectivity index (χ2v) is 7.09. The maximum absolute atomic E-state index is 11.6. The van der Waals surface area contributed by atoms with Crippen molar-refractivity contribution in [2.45, 2.75) is 19.3 Å². The summed E-state index contributed by atoms with van der Waals surface area (Å²) in [6.45, 7) is 1.92. The van der Waals surface area contributed by atoms with Crippen molar-refractivity contribution in [1.29, 1.82) is 0 Å². The van der Waals surface area contributed by atoms with Gasteiger partial charge in [0.15, 0.2) is 12.3 Å². The van der Waals surface area contributed by atoms with Crippen LogP contribution in [0.15, 0.2) is 36.9 Å². The average molecular weight is 411 g/mol. The van der Waals surface area contributed by atoms with Gasteiger partial charge in [-0.3, -0.25) is 4.79 Å². The highest BCUT2D eigenvalue weighted by Gasteiger charge is 2.18. The van der Waals surface area contributed by atoms with Crippen molar-refractivity contribution in [3.8, 4) is 5.88 Å². The number of ether oxygens (including phenoxy) is 1. The molecule has 0 fully saturated rings. The zero-order valence-corrected chi connectivity index (χ0v) is 16.7. The number of H-pyrrole nitrogens is 1. The minimum Gasteiger partial charge on any atom is -0.467 e. The zero-order valence-electron chi connectivity index (χ0n) is 15.9. The van der Waals surface area contributed by atoms with Crippen molar-refractivity contribution in [3.05, 3.63) is 53.3 Å². The Hall–Kier alpha value is -3.26. The number of hydrogen-bond donors (Lipinski definition) is 2. The third-order valence-corrected chi connectivity index (χ3v) is 5.03. The molecule has 0 spiro atoms. The summed E-state index contributed by atoms with van der Waals surface area (Å²) in [5.41, 5.74) is 3.13. The predicted octanol–water partition coefficient (Wildman–Crippen LogP) is 3.03. The molecule has 29 heavy (non-hydrogen) atoms. The number of halogens is 1. The molecule has 9 heteroatoms. The first kappa shape index (κ1) is 19.1. The number of nitrogens with zero attached hydrogens (tertiary/aromatic N) is 4. The van der Waals surface area contributed by atoms with Crippen molar-refractivity contribution in [2.75, 3.05) is 13.7 Å². The number of amides is 1. The number of imidazole rings is 1. The fourth-order valence-corrected chi connectivity index (χ4v) is 3.44. The number of hydrogen-bond acceptors (Lipinski definition) is 6. The van der Waals surface area contributed by atoms with Crippen molar-refractivity contribution in [1.82, 2.24) is 30.2 Å². The zero-order chi connectivity index (χ0) is 20.4. The van der Waals surface area contributed by atoms with Gasteiger partial charge in [0, 0.05) is 25.1 Å². The molecular formula is C20H19ClN6O2. The smallest absolute Gasteiger partial charge is 0.257 e. The molecule has 3 heterocycles. The number of aromatic amines is 1. The van der Waals surface area contributed by atoms with Gasteiger partial charge in [0.25, 0.3) is 5.91 Å². The Kier molecular flexibility index (Phi) is 5.26. The van der Waals surface area contributed by atoms with Crippen LogP contribution in [0, 0.1) is 0 Å². The molecule has 0 saturated carbocycles. The lowest BCUT2D eigenvalue weighted by Crippen LogP contribution is -2.25. The van der Waals surface area contributed by atoms with Crippen molar-refractivity contribution in [2.24, 2.45) is 0 Å². The van der Waals surface area contributed by atoms with Gasteiger partial charge in [-0.05, 0) is 17.5 Å². The molecule has 4 rings (SSSR count). The minimum absolute atomic E-state index is 0.0298. The summed E-state index contributed by atoms with van der Waals surface area (Å²) >= 11 is 6.38. The highest BCUT2D eigenvalue weighted by Crippen LogP contribution is 2.34. The summed E-state index contributed by atoms with van der Waals surface area (Å²) in [5.74, 6) is 0.128. The number of carbonyl (C=O) groups excluding carboxylic acids is 1. The lowest BCUT2D eigenvalue weighted by Gasteiger charge is -2.15. The summed E-state index contributed by atoms with van der Waals surface area (Å²) in [6.07, 6.45) is 3.75. The molecule has 148 valence electrons. The number of aromatic nitrogens is 5. The molecule has 1 aromatic carbocycles. The summed E-state index contributed by atoms with van der Waals surface area (Å²) in [5, 5.41) is 4.64.